The highest BCUT2D eigenvalue weighted by Gasteiger charge is 2.11. The van der Waals surface area contributed by atoms with E-state index in [1.54, 1.807) is 0 Å². The van der Waals surface area contributed by atoms with Crippen molar-refractivity contribution in [2.75, 3.05) is 38.2 Å². The van der Waals surface area contributed by atoms with Gasteiger partial charge >= 0.3 is 0 Å². The number of nitrogens with zero attached hydrogens (tertiary/aromatic N) is 2. The molecule has 1 aromatic heterocycles. The molecule has 0 aliphatic carbocycles. The number of benzene rings is 1. The van der Waals surface area contributed by atoms with Crippen LogP contribution in [-0.4, -0.2) is 48.8 Å². The van der Waals surface area contributed by atoms with Crippen molar-refractivity contribution in [1.29, 1.82) is 0 Å². The van der Waals surface area contributed by atoms with E-state index in [0.717, 1.165) is 60.9 Å². The van der Waals surface area contributed by atoms with Gasteiger partial charge in [0.05, 0.1) is 18.7 Å². The summed E-state index contributed by atoms with van der Waals surface area (Å²) in [5, 5.41) is 5.46. The minimum Gasteiger partial charge on any atom is -0.382 e. The number of ether oxygens (including phenoxy) is 1. The largest absolute Gasteiger partial charge is 0.382 e. The van der Waals surface area contributed by atoms with Gasteiger partial charge in [0.15, 0.2) is 0 Å². The summed E-state index contributed by atoms with van der Waals surface area (Å²) < 4.78 is 5.39. The molecular formula is C18H24ClN3O. The van der Waals surface area contributed by atoms with Crippen LogP contribution in [0.5, 0.6) is 0 Å². The fourth-order valence-electron chi connectivity index (χ4n) is 3.03. The molecule has 1 atom stereocenters. The molecular weight excluding hydrogens is 310 g/mol. The van der Waals surface area contributed by atoms with Crippen molar-refractivity contribution >= 4 is 28.2 Å². The van der Waals surface area contributed by atoms with Gasteiger partial charge in [-0.25, -0.2) is 0 Å². The fourth-order valence-corrected chi connectivity index (χ4v) is 3.20. The van der Waals surface area contributed by atoms with Crippen molar-refractivity contribution in [2.45, 2.75) is 25.8 Å². The van der Waals surface area contributed by atoms with Crippen molar-refractivity contribution in [1.82, 2.24) is 9.88 Å². The Hall–Kier alpha value is -1.36. The zero-order valence-corrected chi connectivity index (χ0v) is 14.4. The van der Waals surface area contributed by atoms with Crippen LogP contribution in [-0.2, 0) is 4.74 Å². The van der Waals surface area contributed by atoms with Crippen LogP contribution in [0.1, 0.15) is 19.8 Å². The maximum Gasteiger partial charge on any atom is 0.0737 e. The second kappa shape index (κ2) is 7.95. The monoisotopic (exact) mass is 333 g/mol. The van der Waals surface area contributed by atoms with Crippen LogP contribution in [0.25, 0.3) is 10.9 Å². The predicted octanol–water partition coefficient (Wildman–Crippen LogP) is 3.80. The van der Waals surface area contributed by atoms with Crippen LogP contribution in [0.2, 0.25) is 5.02 Å². The van der Waals surface area contributed by atoms with Gasteiger partial charge in [-0.05, 0) is 50.6 Å². The zero-order chi connectivity index (χ0) is 16.1. The maximum atomic E-state index is 6.05. The Bertz CT molecular complexity index is 643. The Morgan fingerprint density at radius 2 is 2.13 bits per heavy atom. The Balaban J connectivity index is 1.54. The summed E-state index contributed by atoms with van der Waals surface area (Å²) in [6.07, 6.45) is 4.18. The normalized spacial score (nSPS) is 17.3. The summed E-state index contributed by atoms with van der Waals surface area (Å²) in [7, 11) is 0. The molecule has 0 bridgehead atoms. The van der Waals surface area contributed by atoms with Crippen molar-refractivity contribution in [3.05, 3.63) is 35.5 Å². The molecule has 2 heterocycles. The van der Waals surface area contributed by atoms with Crippen LogP contribution in [0.4, 0.5) is 5.69 Å². The summed E-state index contributed by atoms with van der Waals surface area (Å²) in [5.41, 5.74) is 2.06. The first-order chi connectivity index (χ1) is 11.2. The molecule has 1 aromatic carbocycles. The summed E-state index contributed by atoms with van der Waals surface area (Å²) in [6, 6.07) is 8.32. The Morgan fingerprint density at radius 1 is 1.30 bits per heavy atom. The van der Waals surface area contributed by atoms with Gasteiger partial charge in [0.2, 0.25) is 0 Å². The number of halogens is 1. The first-order valence-electron chi connectivity index (χ1n) is 8.33. The molecule has 0 spiro atoms. The first kappa shape index (κ1) is 16.5. The molecule has 1 aliphatic rings. The number of hydrogen-bond donors (Lipinski definition) is 1. The summed E-state index contributed by atoms with van der Waals surface area (Å²) >= 11 is 6.05. The highest BCUT2D eigenvalue weighted by molar-refractivity contribution is 6.31. The van der Waals surface area contributed by atoms with E-state index in [0.29, 0.717) is 6.04 Å². The number of pyridine rings is 1. The zero-order valence-electron chi connectivity index (χ0n) is 13.6. The Morgan fingerprint density at radius 3 is 2.96 bits per heavy atom. The third-order valence-electron chi connectivity index (χ3n) is 4.32. The molecule has 23 heavy (non-hydrogen) atoms. The number of fused-ring (bicyclic) bond motifs is 1. The highest BCUT2D eigenvalue weighted by Crippen LogP contribution is 2.25. The Labute approximate surface area is 142 Å². The van der Waals surface area contributed by atoms with Crippen LogP contribution in [0, 0.1) is 0 Å². The molecule has 0 saturated carbocycles. The molecule has 1 fully saturated rings. The molecule has 0 unspecified atom stereocenters. The predicted molar refractivity (Wildman–Crippen MR) is 96.3 cm³/mol. The standard InChI is InChI=1S/C18H24ClN3O/c1-14(3-2-8-22-9-11-23-12-10-22)21-17-6-7-20-18-13-15(19)4-5-16(17)18/h4-7,13-14H,2-3,8-12H2,1H3,(H,20,21)/t14-/m0/s1. The lowest BCUT2D eigenvalue weighted by Gasteiger charge is -2.27. The van der Waals surface area contributed by atoms with E-state index in [1.807, 2.05) is 30.5 Å². The second-order valence-electron chi connectivity index (χ2n) is 6.16. The smallest absolute Gasteiger partial charge is 0.0737 e. The van der Waals surface area contributed by atoms with E-state index in [4.69, 9.17) is 16.3 Å². The average Bonchev–Trinajstić information content (AvgIpc) is 2.56. The van der Waals surface area contributed by atoms with Gasteiger partial charge in [-0.15, -0.1) is 0 Å². The van der Waals surface area contributed by atoms with E-state index in [-0.39, 0.29) is 0 Å². The number of nitrogens with one attached hydrogen (secondary N) is 1. The lowest BCUT2D eigenvalue weighted by molar-refractivity contribution is 0.0371. The van der Waals surface area contributed by atoms with Gasteiger partial charge in [-0.3, -0.25) is 9.88 Å². The second-order valence-corrected chi connectivity index (χ2v) is 6.60. The number of morpholine rings is 1. The van der Waals surface area contributed by atoms with Gasteiger partial charge in [0.25, 0.3) is 0 Å². The number of hydrogen-bond acceptors (Lipinski definition) is 4. The molecule has 3 rings (SSSR count). The van der Waals surface area contributed by atoms with E-state index in [1.165, 1.54) is 6.42 Å². The fraction of sp³-hybridized carbons (Fsp3) is 0.500. The van der Waals surface area contributed by atoms with Crippen LogP contribution >= 0.6 is 11.6 Å². The highest BCUT2D eigenvalue weighted by atomic mass is 35.5. The van der Waals surface area contributed by atoms with Crippen molar-refractivity contribution in [3.8, 4) is 0 Å². The third-order valence-corrected chi connectivity index (χ3v) is 4.56. The molecule has 4 nitrogen and oxygen atoms in total. The van der Waals surface area contributed by atoms with Crippen LogP contribution < -0.4 is 5.32 Å². The topological polar surface area (TPSA) is 37.4 Å². The molecule has 5 heteroatoms. The first-order valence-corrected chi connectivity index (χ1v) is 8.71. The molecule has 0 amide bonds. The van der Waals surface area contributed by atoms with Crippen LogP contribution in [0.3, 0.4) is 0 Å². The summed E-state index contributed by atoms with van der Waals surface area (Å²) in [5.74, 6) is 0. The molecule has 0 radical (unpaired) electrons. The van der Waals surface area contributed by atoms with Crippen LogP contribution in [0.15, 0.2) is 30.5 Å². The van der Waals surface area contributed by atoms with Gasteiger partial charge < -0.3 is 10.1 Å². The van der Waals surface area contributed by atoms with Gasteiger partial charge in [0.1, 0.15) is 0 Å². The SMILES string of the molecule is C[C@@H](CCCN1CCOCC1)Nc1ccnc2cc(Cl)ccc12. The van der Waals surface area contributed by atoms with Crippen molar-refractivity contribution < 1.29 is 4.74 Å². The lowest BCUT2D eigenvalue weighted by Crippen LogP contribution is -2.37. The van der Waals surface area contributed by atoms with E-state index in [2.05, 4.69) is 22.1 Å². The summed E-state index contributed by atoms with van der Waals surface area (Å²) in [6.45, 7) is 7.28. The summed E-state index contributed by atoms with van der Waals surface area (Å²) in [4.78, 5) is 6.88. The number of anilines is 1. The van der Waals surface area contributed by atoms with E-state index >= 15 is 0 Å². The van der Waals surface area contributed by atoms with Gasteiger partial charge in [-0.2, -0.15) is 0 Å². The molecule has 1 saturated heterocycles. The van der Waals surface area contributed by atoms with Gasteiger partial charge in [-0.1, -0.05) is 11.6 Å². The van der Waals surface area contributed by atoms with Crippen molar-refractivity contribution in [3.63, 3.8) is 0 Å². The Kier molecular flexibility index (Phi) is 5.70. The number of aromatic nitrogens is 1. The van der Waals surface area contributed by atoms with E-state index < -0.39 is 0 Å². The molecule has 1 N–H and O–H groups in total. The van der Waals surface area contributed by atoms with Crippen molar-refractivity contribution in [2.24, 2.45) is 0 Å². The molecule has 2 aromatic rings. The minimum atomic E-state index is 0.428. The molecule has 124 valence electrons. The van der Waals surface area contributed by atoms with Gasteiger partial charge in [0, 0.05) is 41.4 Å². The van der Waals surface area contributed by atoms with E-state index in [9.17, 15) is 0 Å². The minimum absolute atomic E-state index is 0.428. The lowest BCUT2D eigenvalue weighted by atomic mass is 10.1. The molecule has 1 aliphatic heterocycles. The third kappa shape index (κ3) is 4.56. The number of rotatable bonds is 6. The maximum absolute atomic E-state index is 6.05. The quantitative estimate of drug-likeness (QED) is 0.872. The average molecular weight is 334 g/mol.